The highest BCUT2D eigenvalue weighted by atomic mass is 31.2. The summed E-state index contributed by atoms with van der Waals surface area (Å²) in [6, 6.07) is 0. The van der Waals surface area contributed by atoms with E-state index in [-0.39, 0.29) is 25.7 Å². The second-order valence-corrected chi connectivity index (χ2v) is 26.7. The average molecular weight is 1340 g/mol. The summed E-state index contributed by atoms with van der Waals surface area (Å²) in [4.78, 5) is 72.6. The van der Waals surface area contributed by atoms with Crippen LogP contribution in [-0.2, 0) is 65.4 Å². The molecule has 0 heterocycles. The van der Waals surface area contributed by atoms with Gasteiger partial charge in [-0.15, -0.1) is 0 Å². The lowest BCUT2D eigenvalue weighted by molar-refractivity contribution is -0.161. The van der Waals surface area contributed by atoms with E-state index in [1.165, 1.54) is 38.5 Å². The van der Waals surface area contributed by atoms with Gasteiger partial charge < -0.3 is 33.8 Å². The third kappa shape index (κ3) is 64.9. The van der Waals surface area contributed by atoms with Crippen LogP contribution in [0.15, 0.2) is 85.1 Å². The maximum Gasteiger partial charge on any atom is 0.472 e. The number of allylic oxidation sites excluding steroid dienone is 14. The zero-order valence-electron chi connectivity index (χ0n) is 57.7. The molecule has 532 valence electrons. The first-order valence-electron chi connectivity index (χ1n) is 35.8. The predicted molar refractivity (Wildman–Crippen MR) is 372 cm³/mol. The lowest BCUT2D eigenvalue weighted by atomic mass is 10.1. The highest BCUT2D eigenvalue weighted by Crippen LogP contribution is 2.45. The normalized spacial score (nSPS) is 14.6. The number of rotatable bonds is 67. The molecule has 0 rings (SSSR count). The molecule has 0 aliphatic heterocycles. The van der Waals surface area contributed by atoms with E-state index in [0.29, 0.717) is 25.7 Å². The first-order valence-corrected chi connectivity index (χ1v) is 38.8. The van der Waals surface area contributed by atoms with Gasteiger partial charge >= 0.3 is 39.5 Å². The van der Waals surface area contributed by atoms with Crippen molar-refractivity contribution in [3.05, 3.63) is 85.1 Å². The third-order valence-corrected chi connectivity index (χ3v) is 16.7. The summed E-state index contributed by atoms with van der Waals surface area (Å²) < 4.78 is 68.2. The van der Waals surface area contributed by atoms with E-state index in [0.717, 1.165) is 180 Å². The van der Waals surface area contributed by atoms with Crippen LogP contribution in [0.2, 0.25) is 0 Å². The molecule has 0 fully saturated rings. The molecule has 5 unspecified atom stereocenters. The van der Waals surface area contributed by atoms with Crippen LogP contribution in [0.3, 0.4) is 0 Å². The molecule has 0 amide bonds. The summed E-state index contributed by atoms with van der Waals surface area (Å²) in [6.07, 6.45) is 64.5. The second kappa shape index (κ2) is 65.9. The fraction of sp³-hybridized carbons (Fsp3) is 0.753. The Balaban J connectivity index is 5.33. The quantitative estimate of drug-likeness (QED) is 0.0169. The third-order valence-electron chi connectivity index (χ3n) is 14.8. The minimum absolute atomic E-state index is 0.0754. The fourth-order valence-corrected chi connectivity index (χ4v) is 10.9. The lowest BCUT2D eigenvalue weighted by Crippen LogP contribution is -2.30. The average Bonchev–Trinajstić information content (AvgIpc) is 2.73. The first-order chi connectivity index (χ1) is 44.7. The van der Waals surface area contributed by atoms with Crippen LogP contribution in [0, 0.1) is 0 Å². The summed E-state index contributed by atoms with van der Waals surface area (Å²) in [7, 11) is -9.94. The first kappa shape index (κ1) is 88.2. The molecule has 0 aromatic heterocycles. The fourth-order valence-electron chi connectivity index (χ4n) is 9.37. The summed E-state index contributed by atoms with van der Waals surface area (Å²) in [5.74, 6) is -2.21. The van der Waals surface area contributed by atoms with Crippen molar-refractivity contribution < 1.29 is 80.2 Å². The minimum Gasteiger partial charge on any atom is -0.462 e. The van der Waals surface area contributed by atoms with E-state index in [1.54, 1.807) is 0 Å². The molecule has 0 bridgehead atoms. The van der Waals surface area contributed by atoms with E-state index in [2.05, 4.69) is 113 Å². The SMILES string of the molecule is CC/C=C\C/C=C\C/C=C\CCCCCCCC(=O)OCC(COP(=O)(O)OCC(O)COP(=O)(O)OCC(COC(=O)CCCCCCC/C=C\C/C=C\CCC)OC(=O)CCCCCCCCCCCCC)OC(=O)CCCCCCC/C=C\C/C=C\CCC. The molecular weight excluding hydrogens is 1210 g/mol. The van der Waals surface area contributed by atoms with E-state index >= 15 is 0 Å². The standard InChI is InChI=1S/C73H128O17P2/c1-5-9-13-17-21-25-29-32-33-36-39-42-46-50-54-58-71(76)84-64-69(90-73(78)60-56-52-48-44-40-35-31-27-23-19-15-11-7-3)66-88-92(81,82)86-62-67(74)61-85-91(79,80)87-65-68(89-72(77)59-55-51-47-43-37-28-24-20-16-12-8-4)63-83-70(75)57-53-49-45-41-38-34-30-26-22-18-14-10-6-2/h9,13-15,18-19,21,25-27,30-33,67-69,74H,5-8,10-12,16-17,20,22-24,28-29,34-66H2,1-4H3,(H,79,80)(H,81,82)/b13-9-,18-14-,19-15-,25-21-,30-26-,31-27-,33-32-. The van der Waals surface area contributed by atoms with Crippen molar-refractivity contribution in [2.45, 2.75) is 316 Å². The van der Waals surface area contributed by atoms with Gasteiger partial charge in [-0.25, -0.2) is 9.13 Å². The highest BCUT2D eigenvalue weighted by molar-refractivity contribution is 7.47. The van der Waals surface area contributed by atoms with Gasteiger partial charge in [0.2, 0.25) is 0 Å². The van der Waals surface area contributed by atoms with Crippen molar-refractivity contribution in [3.8, 4) is 0 Å². The zero-order chi connectivity index (χ0) is 67.5. The number of hydrogen-bond donors (Lipinski definition) is 3. The Morgan fingerprint density at radius 3 is 0.913 bits per heavy atom. The van der Waals surface area contributed by atoms with Crippen LogP contribution in [0.5, 0.6) is 0 Å². The number of carbonyl (C=O) groups excluding carboxylic acids is 4. The van der Waals surface area contributed by atoms with Gasteiger partial charge in [0.25, 0.3) is 0 Å². The lowest BCUT2D eigenvalue weighted by Gasteiger charge is -2.21. The molecule has 0 spiro atoms. The number of unbranched alkanes of at least 4 members (excludes halogenated alkanes) is 27. The monoisotopic (exact) mass is 1340 g/mol. The molecule has 0 saturated heterocycles. The van der Waals surface area contributed by atoms with Crippen LogP contribution >= 0.6 is 15.6 Å². The molecular formula is C73H128O17P2. The van der Waals surface area contributed by atoms with Crippen molar-refractivity contribution in [3.63, 3.8) is 0 Å². The molecule has 17 nitrogen and oxygen atoms in total. The number of carbonyl (C=O) groups is 4. The topological polar surface area (TPSA) is 237 Å². The molecule has 0 radical (unpaired) electrons. The van der Waals surface area contributed by atoms with Crippen molar-refractivity contribution in [2.24, 2.45) is 0 Å². The van der Waals surface area contributed by atoms with Crippen molar-refractivity contribution >= 4 is 39.5 Å². The molecule has 0 aliphatic rings. The molecule has 0 aromatic rings. The largest absolute Gasteiger partial charge is 0.472 e. The molecule has 0 aromatic carbocycles. The molecule has 5 atom stereocenters. The molecule has 0 aliphatic carbocycles. The van der Waals surface area contributed by atoms with Gasteiger partial charge in [-0.05, 0) is 109 Å². The maximum absolute atomic E-state index is 13.0. The van der Waals surface area contributed by atoms with Crippen LogP contribution in [0.25, 0.3) is 0 Å². The molecule has 3 N–H and O–H groups in total. The number of phosphoric ester groups is 2. The Morgan fingerprint density at radius 1 is 0.315 bits per heavy atom. The van der Waals surface area contributed by atoms with Crippen molar-refractivity contribution in [1.82, 2.24) is 0 Å². The van der Waals surface area contributed by atoms with Crippen molar-refractivity contribution in [1.29, 1.82) is 0 Å². The Morgan fingerprint density at radius 2 is 0.587 bits per heavy atom. The number of esters is 4. The van der Waals surface area contributed by atoms with Crippen LogP contribution in [0.1, 0.15) is 297 Å². The van der Waals surface area contributed by atoms with Gasteiger partial charge in [-0.1, -0.05) is 248 Å². The smallest absolute Gasteiger partial charge is 0.462 e. The molecule has 92 heavy (non-hydrogen) atoms. The summed E-state index contributed by atoms with van der Waals surface area (Å²) in [6.45, 7) is 4.57. The van der Waals surface area contributed by atoms with Crippen LogP contribution < -0.4 is 0 Å². The van der Waals surface area contributed by atoms with Gasteiger partial charge in [0.1, 0.15) is 19.3 Å². The van der Waals surface area contributed by atoms with Gasteiger partial charge in [0.15, 0.2) is 12.2 Å². The Labute approximate surface area is 557 Å². The minimum atomic E-state index is -4.97. The van der Waals surface area contributed by atoms with Gasteiger partial charge in [0.05, 0.1) is 26.4 Å². The predicted octanol–water partition coefficient (Wildman–Crippen LogP) is 19.9. The number of phosphoric acid groups is 2. The molecule has 0 saturated carbocycles. The van der Waals surface area contributed by atoms with Gasteiger partial charge in [-0.2, -0.15) is 0 Å². The summed E-state index contributed by atoms with van der Waals surface area (Å²) in [5.41, 5.74) is 0. The van der Waals surface area contributed by atoms with E-state index in [1.807, 2.05) is 0 Å². The van der Waals surface area contributed by atoms with Gasteiger partial charge in [-0.3, -0.25) is 37.3 Å². The second-order valence-electron chi connectivity index (χ2n) is 23.8. The highest BCUT2D eigenvalue weighted by Gasteiger charge is 2.30. The van der Waals surface area contributed by atoms with E-state index in [4.69, 9.17) is 37.0 Å². The van der Waals surface area contributed by atoms with Crippen LogP contribution in [0.4, 0.5) is 0 Å². The number of aliphatic hydroxyl groups excluding tert-OH is 1. The Hall–Kier alpha value is -3.76. The van der Waals surface area contributed by atoms with Gasteiger partial charge in [0, 0.05) is 25.7 Å². The maximum atomic E-state index is 13.0. The number of aliphatic hydroxyl groups is 1. The Kier molecular flexibility index (Phi) is 63.2. The van der Waals surface area contributed by atoms with Crippen molar-refractivity contribution in [2.75, 3.05) is 39.6 Å². The molecule has 19 heteroatoms. The zero-order valence-corrected chi connectivity index (χ0v) is 59.5. The number of hydrogen-bond acceptors (Lipinski definition) is 15. The summed E-state index contributed by atoms with van der Waals surface area (Å²) in [5, 5.41) is 10.6. The Bertz CT molecular complexity index is 2090. The summed E-state index contributed by atoms with van der Waals surface area (Å²) >= 11 is 0. The van der Waals surface area contributed by atoms with E-state index < -0.39 is 97.5 Å². The van der Waals surface area contributed by atoms with Crippen LogP contribution in [-0.4, -0.2) is 96.7 Å². The van der Waals surface area contributed by atoms with E-state index in [9.17, 15) is 43.2 Å². The number of ether oxygens (including phenoxy) is 4.